The van der Waals surface area contributed by atoms with Gasteiger partial charge in [-0.2, -0.15) is 5.10 Å². The van der Waals surface area contributed by atoms with E-state index in [9.17, 15) is 8.42 Å². The smallest absolute Gasteiger partial charge is 0.241 e. The topological polar surface area (TPSA) is 90.0 Å². The van der Waals surface area contributed by atoms with E-state index in [-0.39, 0.29) is 18.0 Å². The van der Waals surface area contributed by atoms with Gasteiger partial charge < -0.3 is 5.73 Å². The molecule has 2 rings (SSSR count). The van der Waals surface area contributed by atoms with E-state index in [2.05, 4.69) is 9.82 Å². The number of nitrogens with one attached hydrogen (secondary N) is 1. The number of hydrogen-bond donors (Lipinski definition) is 2. The van der Waals surface area contributed by atoms with Crippen molar-refractivity contribution < 1.29 is 8.42 Å². The highest BCUT2D eigenvalue weighted by Gasteiger charge is 2.17. The Kier molecular flexibility index (Phi) is 3.98. The van der Waals surface area contributed by atoms with Crippen molar-refractivity contribution in [3.05, 3.63) is 47.8 Å². The van der Waals surface area contributed by atoms with Crippen LogP contribution in [-0.2, 0) is 30.2 Å². The summed E-state index contributed by atoms with van der Waals surface area (Å²) in [6.07, 6.45) is 1.62. The summed E-state index contributed by atoms with van der Waals surface area (Å²) >= 11 is 0. The molecular weight excluding hydrogens is 264 g/mol. The van der Waals surface area contributed by atoms with Crippen LogP contribution >= 0.6 is 0 Å². The van der Waals surface area contributed by atoms with Crippen molar-refractivity contribution in [2.45, 2.75) is 18.0 Å². The zero-order chi connectivity index (χ0) is 13.9. The zero-order valence-electron chi connectivity index (χ0n) is 10.6. The molecule has 0 radical (unpaired) electrons. The molecule has 0 saturated carbocycles. The first-order valence-electron chi connectivity index (χ1n) is 5.79. The number of nitrogens with zero attached hydrogens (tertiary/aromatic N) is 2. The van der Waals surface area contributed by atoms with Crippen molar-refractivity contribution in [1.82, 2.24) is 14.5 Å². The molecule has 1 aromatic carbocycles. The molecule has 0 fully saturated rings. The summed E-state index contributed by atoms with van der Waals surface area (Å²) in [6, 6.07) is 8.46. The highest BCUT2D eigenvalue weighted by atomic mass is 32.2. The Bertz CT molecular complexity index is 664. The lowest BCUT2D eigenvalue weighted by Gasteiger charge is -2.10. The van der Waals surface area contributed by atoms with E-state index in [1.54, 1.807) is 48.3 Å². The van der Waals surface area contributed by atoms with Crippen molar-refractivity contribution in [1.29, 1.82) is 0 Å². The molecule has 2 aromatic rings. The summed E-state index contributed by atoms with van der Waals surface area (Å²) in [4.78, 5) is 0.222. The summed E-state index contributed by atoms with van der Waals surface area (Å²) in [6.45, 7) is 0.376. The van der Waals surface area contributed by atoms with Gasteiger partial charge in [0, 0.05) is 19.8 Å². The van der Waals surface area contributed by atoms with Crippen molar-refractivity contribution in [2.24, 2.45) is 12.8 Å². The van der Waals surface area contributed by atoms with Gasteiger partial charge in [0.15, 0.2) is 0 Å². The minimum Gasteiger partial charge on any atom is -0.326 e. The monoisotopic (exact) mass is 280 g/mol. The summed E-state index contributed by atoms with van der Waals surface area (Å²) in [5.74, 6) is 0. The van der Waals surface area contributed by atoms with Crippen LogP contribution in [0.3, 0.4) is 0 Å². The van der Waals surface area contributed by atoms with Crippen LogP contribution in [0.1, 0.15) is 11.3 Å². The van der Waals surface area contributed by atoms with Crippen molar-refractivity contribution in [3.8, 4) is 0 Å². The number of rotatable bonds is 5. The van der Waals surface area contributed by atoms with Crippen LogP contribution in [-0.4, -0.2) is 18.2 Å². The molecule has 7 heteroatoms. The van der Waals surface area contributed by atoms with Crippen LogP contribution in [0.4, 0.5) is 0 Å². The Balaban J connectivity index is 2.21. The number of nitrogens with two attached hydrogens (primary N) is 1. The minimum atomic E-state index is -3.57. The third-order valence-corrected chi connectivity index (χ3v) is 4.35. The lowest BCUT2D eigenvalue weighted by Crippen LogP contribution is -2.25. The molecule has 19 heavy (non-hydrogen) atoms. The maximum atomic E-state index is 12.2. The molecule has 6 nitrogen and oxygen atoms in total. The van der Waals surface area contributed by atoms with Gasteiger partial charge in [-0.3, -0.25) is 4.68 Å². The SMILES string of the molecule is Cn1nccc1CNS(=O)(=O)c1ccccc1CN. The third-order valence-electron chi connectivity index (χ3n) is 2.85. The van der Waals surface area contributed by atoms with Gasteiger partial charge in [-0.25, -0.2) is 13.1 Å². The largest absolute Gasteiger partial charge is 0.326 e. The van der Waals surface area contributed by atoms with E-state index in [0.29, 0.717) is 5.56 Å². The second kappa shape index (κ2) is 5.52. The van der Waals surface area contributed by atoms with E-state index < -0.39 is 10.0 Å². The average molecular weight is 280 g/mol. The van der Waals surface area contributed by atoms with Gasteiger partial charge in [0.25, 0.3) is 0 Å². The van der Waals surface area contributed by atoms with E-state index in [1.165, 1.54) is 0 Å². The molecular formula is C12H16N4O2S. The summed E-state index contributed by atoms with van der Waals surface area (Å²) < 4.78 is 28.6. The second-order valence-corrected chi connectivity index (χ2v) is 5.82. The van der Waals surface area contributed by atoms with Gasteiger partial charge >= 0.3 is 0 Å². The molecule has 1 aromatic heterocycles. The van der Waals surface area contributed by atoms with Crippen molar-refractivity contribution >= 4 is 10.0 Å². The van der Waals surface area contributed by atoms with E-state index in [1.807, 2.05) is 0 Å². The first kappa shape index (κ1) is 13.7. The molecule has 0 atom stereocenters. The van der Waals surface area contributed by atoms with E-state index in [4.69, 9.17) is 5.73 Å². The van der Waals surface area contributed by atoms with Crippen molar-refractivity contribution in [2.75, 3.05) is 0 Å². The maximum Gasteiger partial charge on any atom is 0.241 e. The quantitative estimate of drug-likeness (QED) is 0.827. The Labute approximate surface area is 112 Å². The fourth-order valence-corrected chi connectivity index (χ4v) is 3.00. The van der Waals surface area contributed by atoms with Gasteiger partial charge in [0.1, 0.15) is 0 Å². The second-order valence-electron chi connectivity index (χ2n) is 4.08. The minimum absolute atomic E-state index is 0.183. The predicted molar refractivity (Wildman–Crippen MR) is 71.6 cm³/mol. The van der Waals surface area contributed by atoms with E-state index in [0.717, 1.165) is 5.69 Å². The molecule has 0 amide bonds. The normalized spacial score (nSPS) is 11.7. The van der Waals surface area contributed by atoms with Gasteiger partial charge in [-0.15, -0.1) is 0 Å². The van der Waals surface area contributed by atoms with Crippen LogP contribution in [0.15, 0.2) is 41.4 Å². The van der Waals surface area contributed by atoms with Crippen LogP contribution in [0.25, 0.3) is 0 Å². The molecule has 1 heterocycles. The third kappa shape index (κ3) is 3.01. The van der Waals surface area contributed by atoms with Crippen LogP contribution < -0.4 is 10.5 Å². The molecule has 0 unspecified atom stereocenters. The molecule has 0 bridgehead atoms. The summed E-state index contributed by atoms with van der Waals surface area (Å²) in [7, 11) is -1.81. The molecule has 3 N–H and O–H groups in total. The zero-order valence-corrected chi connectivity index (χ0v) is 11.4. The number of aromatic nitrogens is 2. The maximum absolute atomic E-state index is 12.2. The van der Waals surface area contributed by atoms with Gasteiger partial charge in [-0.1, -0.05) is 18.2 Å². The van der Waals surface area contributed by atoms with Crippen molar-refractivity contribution in [3.63, 3.8) is 0 Å². The fourth-order valence-electron chi connectivity index (χ4n) is 1.76. The number of aryl methyl sites for hydroxylation is 1. The molecule has 0 aliphatic rings. The number of hydrogen-bond acceptors (Lipinski definition) is 4. The van der Waals surface area contributed by atoms with Crippen LogP contribution in [0, 0.1) is 0 Å². The molecule has 0 saturated heterocycles. The van der Waals surface area contributed by atoms with Gasteiger partial charge in [0.2, 0.25) is 10.0 Å². The summed E-state index contributed by atoms with van der Waals surface area (Å²) in [5, 5.41) is 3.99. The predicted octanol–water partition coefficient (Wildman–Crippen LogP) is 0.357. The average Bonchev–Trinajstić information content (AvgIpc) is 2.82. The van der Waals surface area contributed by atoms with Gasteiger partial charge in [-0.05, 0) is 17.7 Å². The fraction of sp³-hybridized carbons (Fsp3) is 0.250. The Hall–Kier alpha value is -1.70. The Morgan fingerprint density at radius 2 is 2.05 bits per heavy atom. The molecule has 0 spiro atoms. The number of benzene rings is 1. The molecule has 0 aliphatic carbocycles. The highest BCUT2D eigenvalue weighted by molar-refractivity contribution is 7.89. The molecule has 102 valence electrons. The van der Waals surface area contributed by atoms with Gasteiger partial charge in [0.05, 0.1) is 17.1 Å². The Morgan fingerprint density at radius 1 is 1.32 bits per heavy atom. The lowest BCUT2D eigenvalue weighted by molar-refractivity contribution is 0.576. The number of sulfonamides is 1. The highest BCUT2D eigenvalue weighted by Crippen LogP contribution is 2.15. The lowest BCUT2D eigenvalue weighted by atomic mass is 10.2. The van der Waals surface area contributed by atoms with Crippen LogP contribution in [0.5, 0.6) is 0 Å². The molecule has 0 aliphatic heterocycles. The van der Waals surface area contributed by atoms with E-state index >= 15 is 0 Å². The Morgan fingerprint density at radius 3 is 2.68 bits per heavy atom. The first-order chi connectivity index (χ1) is 9.04. The van der Waals surface area contributed by atoms with Crippen LogP contribution in [0.2, 0.25) is 0 Å². The first-order valence-corrected chi connectivity index (χ1v) is 7.27. The standard InChI is InChI=1S/C12H16N4O2S/c1-16-11(6-7-14-16)9-15-19(17,18)12-5-3-2-4-10(12)8-13/h2-7,15H,8-9,13H2,1H3. The summed E-state index contributed by atoms with van der Waals surface area (Å²) in [5.41, 5.74) is 6.94.